The van der Waals surface area contributed by atoms with Crippen LogP contribution in [0.2, 0.25) is 0 Å². The number of rotatable bonds is 7. The third-order valence-corrected chi connectivity index (χ3v) is 3.41. The van der Waals surface area contributed by atoms with Crippen LogP contribution in [0.4, 0.5) is 0 Å². The van der Waals surface area contributed by atoms with Crippen molar-refractivity contribution in [1.29, 1.82) is 0 Å². The summed E-state index contributed by atoms with van der Waals surface area (Å²) in [6, 6.07) is 14.0. The van der Waals surface area contributed by atoms with E-state index in [0.717, 1.165) is 11.1 Å². The Morgan fingerprint density at radius 1 is 1.07 bits per heavy atom. The van der Waals surface area contributed by atoms with Gasteiger partial charge in [0.2, 0.25) is 0 Å². The largest absolute Gasteiger partial charge is 0.546 e. The van der Waals surface area contributed by atoms with Gasteiger partial charge in [0.15, 0.2) is 0 Å². The summed E-state index contributed by atoms with van der Waals surface area (Å²) in [6.45, 7) is 1.56. The van der Waals surface area contributed by atoms with E-state index in [4.69, 9.17) is 4.74 Å². The molecule has 8 nitrogen and oxygen atoms in total. The third-order valence-electron chi connectivity index (χ3n) is 3.41. The van der Waals surface area contributed by atoms with E-state index >= 15 is 0 Å². The smallest absolute Gasteiger partial charge is 0.329 e. The lowest BCUT2D eigenvalue weighted by Crippen LogP contribution is -2.37. The number of ether oxygens (including phenoxy) is 1. The number of benzene rings is 2. The standard InChI is InChI=1S/C19H19N3O5/c1-13-6-8-14(9-7-13)10-20-18(25)19(26)22-21-11-15-4-2-3-5-16(15)27-12-17(23)24/h2-9,11H,10,12H2,1H3,(H,20,25)(H,22,26)(H,23,24)/p-1/b21-11-. The maximum Gasteiger partial charge on any atom is 0.329 e. The lowest BCUT2D eigenvalue weighted by molar-refractivity contribution is -0.307. The van der Waals surface area contributed by atoms with Crippen LogP contribution in [0.5, 0.6) is 5.75 Å². The first kappa shape index (κ1) is 19.6. The second-order valence-electron chi connectivity index (χ2n) is 5.57. The van der Waals surface area contributed by atoms with Gasteiger partial charge in [-0.3, -0.25) is 9.59 Å². The van der Waals surface area contributed by atoms with Gasteiger partial charge in [0.1, 0.15) is 12.4 Å². The van der Waals surface area contributed by atoms with Gasteiger partial charge < -0.3 is 20.0 Å². The van der Waals surface area contributed by atoms with Gasteiger partial charge in [0.25, 0.3) is 0 Å². The molecule has 0 saturated carbocycles. The molecule has 0 heterocycles. The second-order valence-corrected chi connectivity index (χ2v) is 5.57. The zero-order valence-corrected chi connectivity index (χ0v) is 14.6. The van der Waals surface area contributed by atoms with E-state index in [9.17, 15) is 19.5 Å². The number of hydrogen-bond donors (Lipinski definition) is 2. The molecule has 2 aromatic carbocycles. The molecule has 27 heavy (non-hydrogen) atoms. The van der Waals surface area contributed by atoms with Crippen LogP contribution in [-0.4, -0.2) is 30.6 Å². The molecule has 0 radical (unpaired) electrons. The zero-order valence-electron chi connectivity index (χ0n) is 14.6. The van der Waals surface area contributed by atoms with Crippen molar-refractivity contribution in [3.63, 3.8) is 0 Å². The average Bonchev–Trinajstić information content (AvgIpc) is 2.66. The minimum Gasteiger partial charge on any atom is -0.546 e. The Morgan fingerprint density at radius 3 is 2.48 bits per heavy atom. The van der Waals surface area contributed by atoms with E-state index < -0.39 is 24.4 Å². The van der Waals surface area contributed by atoms with Crippen LogP contribution in [-0.2, 0) is 20.9 Å². The van der Waals surface area contributed by atoms with Crippen molar-refractivity contribution in [2.45, 2.75) is 13.5 Å². The third kappa shape index (κ3) is 6.62. The van der Waals surface area contributed by atoms with Crippen LogP contribution in [0.15, 0.2) is 53.6 Å². The predicted molar refractivity (Wildman–Crippen MR) is 95.7 cm³/mol. The molecule has 0 aliphatic heterocycles. The van der Waals surface area contributed by atoms with Crippen LogP contribution in [0.25, 0.3) is 0 Å². The fourth-order valence-electron chi connectivity index (χ4n) is 2.04. The molecule has 0 bridgehead atoms. The molecule has 8 heteroatoms. The highest BCUT2D eigenvalue weighted by Gasteiger charge is 2.12. The minimum absolute atomic E-state index is 0.218. The van der Waals surface area contributed by atoms with Crippen molar-refractivity contribution in [1.82, 2.24) is 10.7 Å². The number of carbonyl (C=O) groups is 3. The van der Waals surface area contributed by atoms with Crippen LogP contribution in [0, 0.1) is 6.92 Å². The summed E-state index contributed by atoms with van der Waals surface area (Å²) in [4.78, 5) is 34.0. The Hall–Kier alpha value is -3.68. The number of para-hydroxylation sites is 1. The molecule has 140 valence electrons. The summed E-state index contributed by atoms with van der Waals surface area (Å²) >= 11 is 0. The van der Waals surface area contributed by atoms with Gasteiger partial charge in [-0.2, -0.15) is 5.10 Å². The quantitative estimate of drug-likeness (QED) is 0.401. The van der Waals surface area contributed by atoms with Gasteiger partial charge in [0.05, 0.1) is 12.2 Å². The van der Waals surface area contributed by atoms with E-state index in [-0.39, 0.29) is 12.3 Å². The lowest BCUT2D eigenvalue weighted by Gasteiger charge is -2.09. The maximum atomic E-state index is 11.8. The molecule has 0 unspecified atom stereocenters. The highest BCUT2D eigenvalue weighted by atomic mass is 16.5. The molecule has 2 aromatic rings. The van der Waals surface area contributed by atoms with Crippen molar-refractivity contribution >= 4 is 24.0 Å². The predicted octanol–water partition coefficient (Wildman–Crippen LogP) is -0.110. The van der Waals surface area contributed by atoms with Crippen LogP contribution in [0.1, 0.15) is 16.7 Å². The van der Waals surface area contributed by atoms with Gasteiger partial charge in [-0.05, 0) is 24.6 Å². The topological polar surface area (TPSA) is 120 Å². The molecular weight excluding hydrogens is 350 g/mol. The molecule has 2 N–H and O–H groups in total. The number of carboxylic acids is 1. The van der Waals surface area contributed by atoms with Crippen molar-refractivity contribution in [3.8, 4) is 5.75 Å². The first-order chi connectivity index (χ1) is 13.0. The summed E-state index contributed by atoms with van der Waals surface area (Å²) in [7, 11) is 0. The Balaban J connectivity index is 1.86. The molecule has 0 spiro atoms. The molecule has 0 aromatic heterocycles. The SMILES string of the molecule is Cc1ccc(CNC(=O)C(=O)N/N=C\c2ccccc2OCC(=O)[O-])cc1. The summed E-state index contributed by atoms with van der Waals surface area (Å²) in [5.74, 6) is -2.86. The number of hydrazone groups is 1. The van der Waals surface area contributed by atoms with Gasteiger partial charge in [0, 0.05) is 12.1 Å². The Labute approximate surface area is 155 Å². The van der Waals surface area contributed by atoms with E-state index in [1.54, 1.807) is 24.3 Å². The molecular formula is C19H18N3O5-. The second kappa shape index (κ2) is 9.71. The molecule has 0 aliphatic rings. The van der Waals surface area contributed by atoms with E-state index in [1.807, 2.05) is 31.2 Å². The number of amides is 2. The number of aryl methyl sites for hydroxylation is 1. The Bertz CT molecular complexity index is 847. The number of nitrogens with zero attached hydrogens (tertiary/aromatic N) is 1. The van der Waals surface area contributed by atoms with E-state index in [2.05, 4.69) is 15.8 Å². The highest BCUT2D eigenvalue weighted by molar-refractivity contribution is 6.35. The van der Waals surface area contributed by atoms with Gasteiger partial charge in [-0.15, -0.1) is 0 Å². The molecule has 0 fully saturated rings. The first-order valence-electron chi connectivity index (χ1n) is 8.04. The highest BCUT2D eigenvalue weighted by Crippen LogP contribution is 2.15. The number of nitrogens with one attached hydrogen (secondary N) is 2. The van der Waals surface area contributed by atoms with Crippen LogP contribution < -0.4 is 20.6 Å². The number of carbonyl (C=O) groups excluding carboxylic acids is 3. The van der Waals surface area contributed by atoms with Crippen molar-refractivity contribution < 1.29 is 24.2 Å². The summed E-state index contributed by atoms with van der Waals surface area (Å²) in [6.07, 6.45) is 1.25. The molecule has 2 rings (SSSR count). The molecule has 0 saturated heterocycles. The van der Waals surface area contributed by atoms with Crippen molar-refractivity contribution in [2.24, 2.45) is 5.10 Å². The first-order valence-corrected chi connectivity index (χ1v) is 8.04. The van der Waals surface area contributed by atoms with Gasteiger partial charge in [-0.25, -0.2) is 5.43 Å². The molecule has 0 aliphatic carbocycles. The monoisotopic (exact) mass is 368 g/mol. The normalized spacial score (nSPS) is 10.4. The molecule has 2 amide bonds. The van der Waals surface area contributed by atoms with Crippen LogP contribution in [0.3, 0.4) is 0 Å². The maximum absolute atomic E-state index is 11.8. The summed E-state index contributed by atoms with van der Waals surface area (Å²) in [5, 5.41) is 16.6. The fourth-order valence-corrected chi connectivity index (χ4v) is 2.04. The Kier molecular flexibility index (Phi) is 7.07. The van der Waals surface area contributed by atoms with Gasteiger partial charge >= 0.3 is 11.8 Å². The fraction of sp³-hybridized carbons (Fsp3) is 0.158. The number of carboxylic acid groups (broad SMARTS) is 1. The van der Waals surface area contributed by atoms with E-state index in [1.165, 1.54) is 6.21 Å². The minimum atomic E-state index is -1.36. The van der Waals surface area contributed by atoms with Crippen molar-refractivity contribution in [2.75, 3.05) is 6.61 Å². The van der Waals surface area contributed by atoms with Crippen LogP contribution >= 0.6 is 0 Å². The lowest BCUT2D eigenvalue weighted by atomic mass is 10.1. The summed E-state index contributed by atoms with van der Waals surface area (Å²) in [5.41, 5.74) is 4.50. The van der Waals surface area contributed by atoms with Gasteiger partial charge in [-0.1, -0.05) is 42.0 Å². The number of aliphatic carboxylic acids is 1. The van der Waals surface area contributed by atoms with Crippen molar-refractivity contribution in [3.05, 3.63) is 65.2 Å². The average molecular weight is 368 g/mol. The molecule has 0 atom stereocenters. The Morgan fingerprint density at radius 2 is 1.78 bits per heavy atom. The number of hydrogen-bond acceptors (Lipinski definition) is 6. The van der Waals surface area contributed by atoms with E-state index in [0.29, 0.717) is 5.56 Å². The summed E-state index contributed by atoms with van der Waals surface area (Å²) < 4.78 is 5.05. The zero-order chi connectivity index (χ0) is 19.6.